The monoisotopic (exact) mass is 220 g/mol. The number of thioether (sulfide) groups is 1. The molecule has 0 aliphatic heterocycles. The van der Waals surface area contributed by atoms with E-state index in [4.69, 9.17) is 23.2 Å². The van der Waals surface area contributed by atoms with E-state index in [-0.39, 0.29) is 0 Å². The summed E-state index contributed by atoms with van der Waals surface area (Å²) < 4.78 is 0. The van der Waals surface area contributed by atoms with Gasteiger partial charge in [0, 0.05) is 0 Å². The van der Waals surface area contributed by atoms with E-state index in [0.29, 0.717) is 10.0 Å². The summed E-state index contributed by atoms with van der Waals surface area (Å²) in [5.74, 6) is 1.08. The molecule has 1 aromatic rings. The highest BCUT2D eigenvalue weighted by Crippen LogP contribution is 2.26. The Morgan fingerprint density at radius 3 is 2.75 bits per heavy atom. The maximum absolute atomic E-state index is 5.99. The van der Waals surface area contributed by atoms with Gasteiger partial charge in [-0.1, -0.05) is 35.3 Å². The fourth-order valence-electron chi connectivity index (χ4n) is 0.954. The Morgan fingerprint density at radius 1 is 1.33 bits per heavy atom. The topological polar surface area (TPSA) is 0 Å². The minimum Gasteiger partial charge on any atom is -0.165 e. The van der Waals surface area contributed by atoms with E-state index in [1.165, 1.54) is 0 Å². The van der Waals surface area contributed by atoms with Crippen molar-refractivity contribution >= 4 is 35.0 Å². The molecule has 0 unspecified atom stereocenters. The molecule has 0 spiro atoms. The van der Waals surface area contributed by atoms with Gasteiger partial charge in [-0.2, -0.15) is 11.8 Å². The molecule has 66 valence electrons. The van der Waals surface area contributed by atoms with E-state index in [2.05, 4.69) is 6.26 Å². The molecule has 1 rings (SSSR count). The van der Waals surface area contributed by atoms with Crippen molar-refractivity contribution < 1.29 is 0 Å². The molecule has 0 atom stereocenters. The van der Waals surface area contributed by atoms with Crippen molar-refractivity contribution in [2.75, 3.05) is 12.0 Å². The van der Waals surface area contributed by atoms with Crippen LogP contribution in [0.15, 0.2) is 18.2 Å². The maximum atomic E-state index is 5.99. The van der Waals surface area contributed by atoms with Gasteiger partial charge in [0.05, 0.1) is 10.0 Å². The van der Waals surface area contributed by atoms with Gasteiger partial charge in [-0.3, -0.25) is 0 Å². The molecule has 1 aromatic carbocycles. The van der Waals surface area contributed by atoms with Crippen molar-refractivity contribution in [2.45, 2.75) is 6.42 Å². The molecule has 0 aromatic heterocycles. The summed E-state index contributed by atoms with van der Waals surface area (Å²) in [6, 6.07) is 5.76. The summed E-state index contributed by atoms with van der Waals surface area (Å²) in [7, 11) is 0. The summed E-state index contributed by atoms with van der Waals surface area (Å²) in [6.07, 6.45) is 3.07. The van der Waals surface area contributed by atoms with Gasteiger partial charge in [0.25, 0.3) is 0 Å². The molecule has 0 N–H and O–H groups in total. The highest BCUT2D eigenvalue weighted by atomic mass is 35.5. The molecule has 0 aliphatic rings. The molecule has 12 heavy (non-hydrogen) atoms. The molecule has 0 amide bonds. The van der Waals surface area contributed by atoms with Gasteiger partial charge in [-0.15, -0.1) is 0 Å². The van der Waals surface area contributed by atoms with Gasteiger partial charge in [0.15, 0.2) is 0 Å². The molecule has 0 radical (unpaired) electrons. The van der Waals surface area contributed by atoms with Crippen molar-refractivity contribution in [1.29, 1.82) is 0 Å². The average Bonchev–Trinajstić information content (AvgIpc) is 2.08. The van der Waals surface area contributed by atoms with Crippen molar-refractivity contribution in [2.24, 2.45) is 0 Å². The Morgan fingerprint density at radius 2 is 2.08 bits per heavy atom. The second kappa shape index (κ2) is 5.00. The van der Waals surface area contributed by atoms with Crippen LogP contribution >= 0.6 is 35.0 Å². The van der Waals surface area contributed by atoms with Crippen LogP contribution in [0.3, 0.4) is 0 Å². The zero-order valence-electron chi connectivity index (χ0n) is 6.81. The summed E-state index contributed by atoms with van der Waals surface area (Å²) in [4.78, 5) is 0. The number of benzene rings is 1. The molecule has 0 bridgehead atoms. The standard InChI is InChI=1S/C9H10Cl2S/c1-12-6-5-7-3-2-4-8(10)9(7)11/h2-4H,5-6H2,1H3. The first-order chi connectivity index (χ1) is 5.75. The summed E-state index contributed by atoms with van der Waals surface area (Å²) in [6.45, 7) is 0. The van der Waals surface area contributed by atoms with Crippen molar-refractivity contribution in [3.8, 4) is 0 Å². The van der Waals surface area contributed by atoms with Crippen LogP contribution in [0.2, 0.25) is 10.0 Å². The molecular weight excluding hydrogens is 211 g/mol. The number of aryl methyl sites for hydroxylation is 1. The molecule has 3 heteroatoms. The van der Waals surface area contributed by atoms with Crippen LogP contribution < -0.4 is 0 Å². The first-order valence-electron chi connectivity index (χ1n) is 3.67. The SMILES string of the molecule is CSCCc1cccc(Cl)c1Cl. The van der Waals surface area contributed by atoms with Crippen LogP contribution in [0.4, 0.5) is 0 Å². The van der Waals surface area contributed by atoms with Crippen molar-refractivity contribution in [3.05, 3.63) is 33.8 Å². The van der Waals surface area contributed by atoms with E-state index in [1.807, 2.05) is 30.0 Å². The van der Waals surface area contributed by atoms with Crippen molar-refractivity contribution in [3.63, 3.8) is 0 Å². The Kier molecular flexibility index (Phi) is 4.27. The predicted molar refractivity (Wildman–Crippen MR) is 58.5 cm³/mol. The number of halogens is 2. The van der Waals surface area contributed by atoms with Gasteiger partial charge < -0.3 is 0 Å². The Hall–Kier alpha value is 0.150. The minimum absolute atomic E-state index is 0.648. The second-order valence-electron chi connectivity index (χ2n) is 2.46. The normalized spacial score (nSPS) is 10.2. The lowest BCUT2D eigenvalue weighted by molar-refractivity contribution is 1.16. The van der Waals surface area contributed by atoms with E-state index < -0.39 is 0 Å². The van der Waals surface area contributed by atoms with Gasteiger partial charge in [0.1, 0.15) is 0 Å². The molecule has 0 nitrogen and oxygen atoms in total. The zero-order valence-corrected chi connectivity index (χ0v) is 9.14. The number of hydrogen-bond donors (Lipinski definition) is 0. The van der Waals surface area contributed by atoms with E-state index >= 15 is 0 Å². The van der Waals surface area contributed by atoms with Crippen LogP contribution in [-0.2, 0) is 6.42 Å². The Labute approximate surface area is 87.3 Å². The molecule has 0 heterocycles. The largest absolute Gasteiger partial charge is 0.165 e. The highest BCUT2D eigenvalue weighted by Gasteiger charge is 2.02. The molecule has 0 saturated carbocycles. The third kappa shape index (κ3) is 2.58. The number of rotatable bonds is 3. The van der Waals surface area contributed by atoms with Crippen LogP contribution in [0.25, 0.3) is 0 Å². The lowest BCUT2D eigenvalue weighted by Crippen LogP contribution is -1.89. The minimum atomic E-state index is 0.648. The molecular formula is C9H10Cl2S. The first kappa shape index (κ1) is 10.2. The fourth-order valence-corrected chi connectivity index (χ4v) is 1.79. The maximum Gasteiger partial charge on any atom is 0.0624 e. The lowest BCUT2D eigenvalue weighted by Gasteiger charge is -2.03. The van der Waals surface area contributed by atoms with E-state index in [9.17, 15) is 0 Å². The summed E-state index contributed by atoms with van der Waals surface area (Å²) in [5.41, 5.74) is 1.14. The van der Waals surface area contributed by atoms with Crippen LogP contribution in [-0.4, -0.2) is 12.0 Å². The molecule has 0 saturated heterocycles. The van der Waals surface area contributed by atoms with Gasteiger partial charge in [-0.25, -0.2) is 0 Å². The average molecular weight is 221 g/mol. The Balaban J connectivity index is 2.78. The van der Waals surface area contributed by atoms with Gasteiger partial charge >= 0.3 is 0 Å². The third-order valence-corrected chi connectivity index (χ3v) is 3.08. The fraction of sp³-hybridized carbons (Fsp3) is 0.333. The van der Waals surface area contributed by atoms with E-state index in [1.54, 1.807) is 0 Å². The van der Waals surface area contributed by atoms with Crippen molar-refractivity contribution in [1.82, 2.24) is 0 Å². The van der Waals surface area contributed by atoms with Crippen LogP contribution in [0, 0.1) is 0 Å². The lowest BCUT2D eigenvalue weighted by atomic mass is 10.2. The van der Waals surface area contributed by atoms with Gasteiger partial charge in [0.2, 0.25) is 0 Å². The first-order valence-corrected chi connectivity index (χ1v) is 5.82. The van der Waals surface area contributed by atoms with Crippen LogP contribution in [0.5, 0.6) is 0 Å². The number of hydrogen-bond acceptors (Lipinski definition) is 1. The molecule has 0 aliphatic carbocycles. The zero-order chi connectivity index (χ0) is 8.97. The Bertz CT molecular complexity index is 261. The van der Waals surface area contributed by atoms with Crippen LogP contribution in [0.1, 0.15) is 5.56 Å². The second-order valence-corrected chi connectivity index (χ2v) is 4.23. The summed E-state index contributed by atoms with van der Waals surface area (Å²) >= 11 is 13.7. The third-order valence-electron chi connectivity index (χ3n) is 1.61. The van der Waals surface area contributed by atoms with E-state index in [0.717, 1.165) is 17.7 Å². The quantitative estimate of drug-likeness (QED) is 0.745. The van der Waals surface area contributed by atoms with Gasteiger partial charge in [-0.05, 0) is 30.1 Å². The summed E-state index contributed by atoms with van der Waals surface area (Å²) in [5, 5.41) is 1.35. The highest BCUT2D eigenvalue weighted by molar-refractivity contribution is 7.98. The predicted octanol–water partition coefficient (Wildman–Crippen LogP) is 3.90. The molecule has 0 fully saturated rings. The smallest absolute Gasteiger partial charge is 0.0624 e.